The van der Waals surface area contributed by atoms with Crippen molar-refractivity contribution >= 4 is 21.6 Å². The average Bonchev–Trinajstić information content (AvgIpc) is 2.76. The molecule has 0 saturated heterocycles. The minimum atomic E-state index is -3.98. The van der Waals surface area contributed by atoms with Crippen LogP contribution in [0.3, 0.4) is 0 Å². The van der Waals surface area contributed by atoms with E-state index in [1.165, 1.54) is 29.8 Å². The highest BCUT2D eigenvalue weighted by Gasteiger charge is 2.36. The first kappa shape index (κ1) is 23.0. The second kappa shape index (κ2) is 8.30. The lowest BCUT2D eigenvalue weighted by molar-refractivity contribution is -0.120. The number of carbonyl (C=O) groups is 1. The molecule has 1 atom stereocenters. The van der Waals surface area contributed by atoms with E-state index in [4.69, 9.17) is 0 Å². The molecule has 5 nitrogen and oxygen atoms in total. The maximum atomic E-state index is 14.0. The highest BCUT2D eigenvalue weighted by molar-refractivity contribution is 7.93. The van der Waals surface area contributed by atoms with Gasteiger partial charge in [-0.3, -0.25) is 9.10 Å². The topological polar surface area (TPSA) is 66.5 Å². The molecule has 7 heteroatoms. The number of sulfonamides is 1. The Balaban J connectivity index is 1.59. The summed E-state index contributed by atoms with van der Waals surface area (Å²) in [7, 11) is -3.98. The number of amides is 1. The third-order valence-electron chi connectivity index (χ3n) is 5.91. The number of carbonyl (C=O) groups excluding carboxylic acids is 1. The fourth-order valence-electron chi connectivity index (χ4n) is 4.05. The Hall–Kier alpha value is -3.19. The SMILES string of the molecule is C[C@H](NC(=O)CN1c2ccc(F)cc2-c2ccccc2S1(=O)=O)c1ccc(C(C)(C)C)cc1. The monoisotopic (exact) mass is 466 g/mol. The quantitative estimate of drug-likeness (QED) is 0.576. The van der Waals surface area contributed by atoms with E-state index in [2.05, 4.69) is 26.1 Å². The molecule has 0 bridgehead atoms. The molecule has 0 aromatic heterocycles. The van der Waals surface area contributed by atoms with Gasteiger partial charge in [0.1, 0.15) is 12.4 Å². The fourth-order valence-corrected chi connectivity index (χ4v) is 5.70. The van der Waals surface area contributed by atoms with Crippen LogP contribution in [0.5, 0.6) is 0 Å². The van der Waals surface area contributed by atoms with Crippen molar-refractivity contribution in [2.24, 2.45) is 0 Å². The van der Waals surface area contributed by atoms with Gasteiger partial charge in [-0.15, -0.1) is 0 Å². The Morgan fingerprint density at radius 3 is 2.33 bits per heavy atom. The molecule has 33 heavy (non-hydrogen) atoms. The molecule has 4 rings (SSSR count). The lowest BCUT2D eigenvalue weighted by atomic mass is 9.86. The van der Waals surface area contributed by atoms with Gasteiger partial charge in [0.2, 0.25) is 5.91 Å². The Morgan fingerprint density at radius 1 is 1.00 bits per heavy atom. The van der Waals surface area contributed by atoms with Gasteiger partial charge in [0.05, 0.1) is 16.6 Å². The summed E-state index contributed by atoms with van der Waals surface area (Å²) in [6, 6.07) is 18.0. The molecule has 0 radical (unpaired) electrons. The second-order valence-electron chi connectivity index (χ2n) is 9.33. The molecule has 1 aliphatic heterocycles. The molecule has 0 aliphatic carbocycles. The van der Waals surface area contributed by atoms with Crippen LogP contribution >= 0.6 is 0 Å². The predicted octanol–water partition coefficient (Wildman–Crippen LogP) is 5.18. The van der Waals surface area contributed by atoms with Gasteiger partial charge < -0.3 is 5.32 Å². The van der Waals surface area contributed by atoms with Gasteiger partial charge in [-0.05, 0) is 47.7 Å². The summed E-state index contributed by atoms with van der Waals surface area (Å²) >= 11 is 0. The number of fused-ring (bicyclic) bond motifs is 3. The molecule has 1 aliphatic rings. The van der Waals surface area contributed by atoms with E-state index in [1.54, 1.807) is 18.2 Å². The van der Waals surface area contributed by atoms with E-state index in [0.717, 1.165) is 9.87 Å². The molecule has 1 amide bonds. The molecule has 0 spiro atoms. The maximum absolute atomic E-state index is 14.0. The van der Waals surface area contributed by atoms with Crippen molar-refractivity contribution in [3.8, 4) is 11.1 Å². The number of anilines is 1. The third-order valence-corrected chi connectivity index (χ3v) is 7.73. The normalized spacial score (nSPS) is 15.4. The Labute approximate surface area is 194 Å². The minimum absolute atomic E-state index is 0.0246. The van der Waals surface area contributed by atoms with Crippen molar-refractivity contribution in [1.82, 2.24) is 5.32 Å². The number of hydrogen-bond acceptors (Lipinski definition) is 3. The van der Waals surface area contributed by atoms with Gasteiger partial charge in [-0.1, -0.05) is 63.2 Å². The standard InChI is InChI=1S/C26H27FN2O3S/c1-17(18-9-11-19(12-10-18)26(2,3)4)28-25(30)16-29-23-14-13-20(27)15-22(23)21-7-5-6-8-24(21)33(29,31)32/h5-15,17H,16H2,1-4H3,(H,28,30)/t17-/m0/s1. The van der Waals surface area contributed by atoms with Gasteiger partial charge >= 0.3 is 0 Å². The Morgan fingerprint density at radius 2 is 1.67 bits per heavy atom. The van der Waals surface area contributed by atoms with E-state index < -0.39 is 28.3 Å². The van der Waals surface area contributed by atoms with Crippen LogP contribution in [0, 0.1) is 5.82 Å². The molecule has 172 valence electrons. The number of benzene rings is 3. The Bertz CT molecular complexity index is 1310. The number of hydrogen-bond donors (Lipinski definition) is 1. The fraction of sp³-hybridized carbons (Fsp3) is 0.269. The molecule has 0 unspecified atom stereocenters. The highest BCUT2D eigenvalue weighted by Crippen LogP contribution is 2.43. The smallest absolute Gasteiger partial charge is 0.265 e. The molecular weight excluding hydrogens is 439 g/mol. The van der Waals surface area contributed by atoms with Crippen LogP contribution in [0.1, 0.15) is 44.9 Å². The van der Waals surface area contributed by atoms with Gasteiger partial charge in [-0.2, -0.15) is 0 Å². The Kier molecular flexibility index (Phi) is 5.78. The van der Waals surface area contributed by atoms with E-state index in [1.807, 2.05) is 31.2 Å². The van der Waals surface area contributed by atoms with Crippen molar-refractivity contribution in [1.29, 1.82) is 0 Å². The number of nitrogens with one attached hydrogen (secondary N) is 1. The van der Waals surface area contributed by atoms with Crippen LogP contribution < -0.4 is 9.62 Å². The van der Waals surface area contributed by atoms with Crippen molar-refractivity contribution in [2.45, 2.75) is 44.0 Å². The summed E-state index contributed by atoms with van der Waals surface area (Å²) in [5.41, 5.74) is 3.29. The molecule has 0 saturated carbocycles. The summed E-state index contributed by atoms with van der Waals surface area (Å²) in [6.07, 6.45) is 0. The van der Waals surface area contributed by atoms with E-state index in [-0.39, 0.29) is 22.0 Å². The van der Waals surface area contributed by atoms with Crippen LogP contribution in [0.25, 0.3) is 11.1 Å². The van der Waals surface area contributed by atoms with Gasteiger partial charge in [0.25, 0.3) is 10.0 Å². The van der Waals surface area contributed by atoms with Crippen LogP contribution in [0.15, 0.2) is 71.6 Å². The van der Waals surface area contributed by atoms with E-state index >= 15 is 0 Å². The minimum Gasteiger partial charge on any atom is -0.348 e. The number of nitrogens with zero attached hydrogens (tertiary/aromatic N) is 1. The summed E-state index contributed by atoms with van der Waals surface area (Å²) in [5.74, 6) is -0.916. The molecule has 1 N–H and O–H groups in total. The van der Waals surface area contributed by atoms with Crippen LogP contribution in [-0.4, -0.2) is 20.9 Å². The summed E-state index contributed by atoms with van der Waals surface area (Å²) in [6.45, 7) is 7.85. The van der Waals surface area contributed by atoms with Gasteiger partial charge in [-0.25, -0.2) is 12.8 Å². The van der Waals surface area contributed by atoms with Crippen molar-refractivity contribution in [2.75, 3.05) is 10.8 Å². The molecule has 3 aromatic carbocycles. The lowest BCUT2D eigenvalue weighted by Crippen LogP contribution is -2.43. The van der Waals surface area contributed by atoms with Crippen molar-refractivity contribution in [3.63, 3.8) is 0 Å². The van der Waals surface area contributed by atoms with Crippen molar-refractivity contribution in [3.05, 3.63) is 83.7 Å². The first-order chi connectivity index (χ1) is 15.5. The highest BCUT2D eigenvalue weighted by atomic mass is 32.2. The van der Waals surface area contributed by atoms with Crippen LogP contribution in [-0.2, 0) is 20.2 Å². The largest absolute Gasteiger partial charge is 0.348 e. The lowest BCUT2D eigenvalue weighted by Gasteiger charge is -2.32. The van der Waals surface area contributed by atoms with Crippen molar-refractivity contribution < 1.29 is 17.6 Å². The van der Waals surface area contributed by atoms with Crippen LogP contribution in [0.4, 0.5) is 10.1 Å². The predicted molar refractivity (Wildman–Crippen MR) is 128 cm³/mol. The molecule has 0 fully saturated rings. The number of rotatable bonds is 4. The second-order valence-corrected chi connectivity index (χ2v) is 11.2. The summed E-state index contributed by atoms with van der Waals surface area (Å²) < 4.78 is 41.7. The molecule has 1 heterocycles. The average molecular weight is 467 g/mol. The van der Waals surface area contributed by atoms with Gasteiger partial charge in [0.15, 0.2) is 0 Å². The molecular formula is C26H27FN2O3S. The van der Waals surface area contributed by atoms with E-state index in [0.29, 0.717) is 11.1 Å². The third kappa shape index (κ3) is 4.37. The van der Waals surface area contributed by atoms with Gasteiger partial charge in [0, 0.05) is 11.1 Å². The first-order valence-electron chi connectivity index (χ1n) is 10.8. The maximum Gasteiger partial charge on any atom is 0.265 e. The zero-order valence-corrected chi connectivity index (χ0v) is 19.9. The number of halogens is 1. The first-order valence-corrected chi connectivity index (χ1v) is 12.2. The van der Waals surface area contributed by atoms with Crippen LogP contribution in [0.2, 0.25) is 0 Å². The zero-order valence-electron chi connectivity index (χ0n) is 19.1. The summed E-state index contributed by atoms with van der Waals surface area (Å²) in [4.78, 5) is 13.0. The molecule has 3 aromatic rings. The zero-order chi connectivity index (χ0) is 24.0. The van der Waals surface area contributed by atoms with E-state index in [9.17, 15) is 17.6 Å². The summed E-state index contributed by atoms with van der Waals surface area (Å²) in [5, 5.41) is 2.89.